The van der Waals surface area contributed by atoms with Gasteiger partial charge >= 0.3 is 0 Å². The van der Waals surface area contributed by atoms with E-state index in [0.717, 1.165) is 37.3 Å². The molecule has 2 N–H and O–H groups in total. The fourth-order valence-electron chi connectivity index (χ4n) is 2.58. The molecule has 0 bridgehead atoms. The third kappa shape index (κ3) is 4.02. The number of nitrogens with one attached hydrogen (secondary N) is 2. The fraction of sp³-hybridized carbons (Fsp3) is 0.533. The van der Waals surface area contributed by atoms with Crippen LogP contribution in [0.4, 0.5) is 0 Å². The molecule has 5 nitrogen and oxygen atoms in total. The second-order valence-corrected chi connectivity index (χ2v) is 5.25. The summed E-state index contributed by atoms with van der Waals surface area (Å²) in [6.07, 6.45) is 3.05. The summed E-state index contributed by atoms with van der Waals surface area (Å²) in [6, 6.07) is 7.54. The minimum absolute atomic E-state index is 0. The number of rotatable bonds is 3. The summed E-state index contributed by atoms with van der Waals surface area (Å²) in [7, 11) is 0. The first-order valence-corrected chi connectivity index (χ1v) is 7.22. The highest BCUT2D eigenvalue weighted by atomic mass is 35.5. The summed E-state index contributed by atoms with van der Waals surface area (Å²) in [6.45, 7) is 1.87. The molecule has 2 unspecified atom stereocenters. The molecule has 1 saturated heterocycles. The maximum Gasteiger partial charge on any atom is 0.237 e. The van der Waals surface area contributed by atoms with Crippen LogP contribution in [0.5, 0.6) is 11.5 Å². The van der Waals surface area contributed by atoms with Crippen LogP contribution in [0.1, 0.15) is 19.3 Å². The molecule has 6 heteroatoms. The highest BCUT2D eigenvalue weighted by molar-refractivity contribution is 5.85. The molecule has 0 saturated carbocycles. The van der Waals surface area contributed by atoms with E-state index in [0.29, 0.717) is 13.2 Å². The van der Waals surface area contributed by atoms with Crippen molar-refractivity contribution >= 4 is 18.3 Å². The molecule has 21 heavy (non-hydrogen) atoms. The van der Waals surface area contributed by atoms with Crippen LogP contribution in [-0.2, 0) is 4.79 Å². The first-order valence-electron chi connectivity index (χ1n) is 7.22. The molecule has 1 aromatic carbocycles. The van der Waals surface area contributed by atoms with E-state index in [9.17, 15) is 4.79 Å². The molecule has 2 aliphatic rings. The molecule has 0 radical (unpaired) electrons. The Morgan fingerprint density at radius 3 is 2.86 bits per heavy atom. The Kier molecular flexibility index (Phi) is 5.70. The number of piperidine rings is 1. The van der Waals surface area contributed by atoms with E-state index in [1.807, 2.05) is 24.3 Å². The smallest absolute Gasteiger partial charge is 0.237 e. The summed E-state index contributed by atoms with van der Waals surface area (Å²) in [4.78, 5) is 12.0. The number of carbonyl (C=O) groups is 1. The Bertz CT molecular complexity index is 478. The van der Waals surface area contributed by atoms with E-state index in [1.54, 1.807) is 0 Å². The normalized spacial score (nSPS) is 23.8. The number of para-hydroxylation sites is 2. The lowest BCUT2D eigenvalue weighted by molar-refractivity contribution is -0.124. The number of fused-ring (bicyclic) bond motifs is 1. The van der Waals surface area contributed by atoms with Crippen molar-refractivity contribution in [1.82, 2.24) is 10.6 Å². The second-order valence-electron chi connectivity index (χ2n) is 5.25. The van der Waals surface area contributed by atoms with Gasteiger partial charge in [-0.05, 0) is 31.5 Å². The molecule has 0 aromatic heterocycles. The van der Waals surface area contributed by atoms with Gasteiger partial charge in [0.2, 0.25) is 5.91 Å². The van der Waals surface area contributed by atoms with Crippen molar-refractivity contribution in [2.75, 3.05) is 19.7 Å². The number of carbonyl (C=O) groups excluding carboxylic acids is 1. The van der Waals surface area contributed by atoms with Gasteiger partial charge in [-0.3, -0.25) is 4.79 Å². The fourth-order valence-corrected chi connectivity index (χ4v) is 2.58. The van der Waals surface area contributed by atoms with Crippen LogP contribution in [0.15, 0.2) is 24.3 Å². The Morgan fingerprint density at radius 2 is 2.10 bits per heavy atom. The SMILES string of the molecule is Cl.O=C(NCC1COc2ccccc2O1)C1CCCCN1. The molecule has 2 heterocycles. The molecule has 1 fully saturated rings. The van der Waals surface area contributed by atoms with Gasteiger partial charge in [0.15, 0.2) is 11.5 Å². The summed E-state index contributed by atoms with van der Waals surface area (Å²) in [5, 5.41) is 6.18. The molecular weight excluding hydrogens is 292 g/mol. The summed E-state index contributed by atoms with van der Waals surface area (Å²) in [5.41, 5.74) is 0. The van der Waals surface area contributed by atoms with Crippen molar-refractivity contribution in [2.24, 2.45) is 0 Å². The lowest BCUT2D eigenvalue weighted by Gasteiger charge is -2.28. The quantitative estimate of drug-likeness (QED) is 0.888. The van der Waals surface area contributed by atoms with E-state index < -0.39 is 0 Å². The maximum atomic E-state index is 12.0. The minimum Gasteiger partial charge on any atom is -0.486 e. The van der Waals surface area contributed by atoms with Gasteiger partial charge in [-0.2, -0.15) is 0 Å². The van der Waals surface area contributed by atoms with Crippen LogP contribution < -0.4 is 20.1 Å². The first kappa shape index (κ1) is 15.9. The van der Waals surface area contributed by atoms with Crippen LogP contribution in [-0.4, -0.2) is 37.7 Å². The number of hydrogen-bond donors (Lipinski definition) is 2. The Balaban J connectivity index is 0.00000161. The second kappa shape index (κ2) is 7.52. The van der Waals surface area contributed by atoms with Crippen molar-refractivity contribution in [1.29, 1.82) is 0 Å². The first-order chi connectivity index (χ1) is 9.83. The molecule has 1 amide bonds. The highest BCUT2D eigenvalue weighted by Gasteiger charge is 2.24. The Morgan fingerprint density at radius 1 is 1.29 bits per heavy atom. The molecule has 1 aromatic rings. The van der Waals surface area contributed by atoms with Gasteiger partial charge < -0.3 is 20.1 Å². The van der Waals surface area contributed by atoms with Gasteiger partial charge in [-0.25, -0.2) is 0 Å². The monoisotopic (exact) mass is 312 g/mol. The average Bonchev–Trinajstić information content (AvgIpc) is 2.53. The lowest BCUT2D eigenvalue weighted by Crippen LogP contribution is -2.49. The molecule has 116 valence electrons. The zero-order valence-electron chi connectivity index (χ0n) is 11.8. The van der Waals surface area contributed by atoms with Gasteiger partial charge in [-0.15, -0.1) is 12.4 Å². The molecule has 3 rings (SSSR count). The van der Waals surface area contributed by atoms with Crippen molar-refractivity contribution in [3.8, 4) is 11.5 Å². The highest BCUT2D eigenvalue weighted by Crippen LogP contribution is 2.30. The zero-order chi connectivity index (χ0) is 13.8. The van der Waals surface area contributed by atoms with Crippen LogP contribution >= 0.6 is 12.4 Å². The predicted octanol–water partition coefficient (Wildman–Crippen LogP) is 1.51. The van der Waals surface area contributed by atoms with Crippen molar-refractivity contribution in [2.45, 2.75) is 31.4 Å². The van der Waals surface area contributed by atoms with Crippen LogP contribution in [0.2, 0.25) is 0 Å². The van der Waals surface area contributed by atoms with Gasteiger partial charge in [0.1, 0.15) is 12.7 Å². The summed E-state index contributed by atoms with van der Waals surface area (Å²) in [5.74, 6) is 1.57. The molecule has 0 spiro atoms. The number of hydrogen-bond acceptors (Lipinski definition) is 4. The number of ether oxygens (including phenoxy) is 2. The number of halogens is 1. The molecule has 2 atom stereocenters. The van der Waals surface area contributed by atoms with Crippen LogP contribution in [0.3, 0.4) is 0 Å². The largest absolute Gasteiger partial charge is 0.486 e. The number of benzene rings is 1. The average molecular weight is 313 g/mol. The molecule has 0 aliphatic carbocycles. The number of amides is 1. The van der Waals surface area contributed by atoms with Crippen molar-refractivity contribution in [3.63, 3.8) is 0 Å². The van der Waals surface area contributed by atoms with Crippen molar-refractivity contribution in [3.05, 3.63) is 24.3 Å². The maximum absolute atomic E-state index is 12.0. The summed E-state index contributed by atoms with van der Waals surface area (Å²) >= 11 is 0. The van der Waals surface area contributed by atoms with E-state index in [1.165, 1.54) is 0 Å². The zero-order valence-corrected chi connectivity index (χ0v) is 12.7. The standard InChI is InChI=1S/C15H20N2O3.ClH/c18-15(12-5-3-4-8-16-12)17-9-11-10-19-13-6-1-2-7-14(13)20-11;/h1-2,6-7,11-12,16H,3-5,8-10H2,(H,17,18);1H. The van der Waals surface area contributed by atoms with E-state index in [4.69, 9.17) is 9.47 Å². The third-order valence-electron chi connectivity index (χ3n) is 3.70. The van der Waals surface area contributed by atoms with E-state index >= 15 is 0 Å². The van der Waals surface area contributed by atoms with E-state index in [-0.39, 0.29) is 30.5 Å². The van der Waals surface area contributed by atoms with E-state index in [2.05, 4.69) is 10.6 Å². The summed E-state index contributed by atoms with van der Waals surface area (Å²) < 4.78 is 11.4. The molecule has 2 aliphatic heterocycles. The topological polar surface area (TPSA) is 59.6 Å². The Hall–Kier alpha value is -1.46. The minimum atomic E-state index is -0.127. The van der Waals surface area contributed by atoms with Gasteiger partial charge in [0, 0.05) is 0 Å². The van der Waals surface area contributed by atoms with Crippen molar-refractivity contribution < 1.29 is 14.3 Å². The Labute approximate surface area is 130 Å². The van der Waals surface area contributed by atoms with Gasteiger partial charge in [0.25, 0.3) is 0 Å². The van der Waals surface area contributed by atoms with Gasteiger partial charge in [0.05, 0.1) is 12.6 Å². The predicted molar refractivity (Wildman–Crippen MR) is 82.3 cm³/mol. The molecular formula is C15H21ClN2O3. The third-order valence-corrected chi connectivity index (χ3v) is 3.70. The van der Waals surface area contributed by atoms with Crippen LogP contribution in [0.25, 0.3) is 0 Å². The van der Waals surface area contributed by atoms with Crippen LogP contribution in [0, 0.1) is 0 Å². The van der Waals surface area contributed by atoms with Gasteiger partial charge in [-0.1, -0.05) is 18.6 Å². The lowest BCUT2D eigenvalue weighted by atomic mass is 10.0.